The van der Waals surface area contributed by atoms with Gasteiger partial charge in [-0.3, -0.25) is 9.48 Å². The van der Waals surface area contributed by atoms with E-state index in [2.05, 4.69) is 30.7 Å². The molecule has 12 heteroatoms. The van der Waals surface area contributed by atoms with Gasteiger partial charge in [-0.25, -0.2) is 19.6 Å². The van der Waals surface area contributed by atoms with Crippen LogP contribution in [0.25, 0.3) is 17.2 Å². The van der Waals surface area contributed by atoms with Crippen LogP contribution in [-0.2, 0) is 11.8 Å². The highest BCUT2D eigenvalue weighted by Gasteiger charge is 2.32. The van der Waals surface area contributed by atoms with Gasteiger partial charge in [-0.2, -0.15) is 5.10 Å². The van der Waals surface area contributed by atoms with Gasteiger partial charge in [-0.1, -0.05) is 5.21 Å². The summed E-state index contributed by atoms with van der Waals surface area (Å²) in [6, 6.07) is 5.30. The number of hydrogen-bond donors (Lipinski definition) is 1. The van der Waals surface area contributed by atoms with E-state index < -0.39 is 0 Å². The summed E-state index contributed by atoms with van der Waals surface area (Å²) in [6.45, 7) is 0.709. The topological polar surface area (TPSA) is 129 Å². The van der Waals surface area contributed by atoms with E-state index in [1.54, 1.807) is 65.2 Å². The van der Waals surface area contributed by atoms with Gasteiger partial charge in [0.25, 0.3) is 0 Å². The van der Waals surface area contributed by atoms with Crippen molar-refractivity contribution in [2.45, 2.75) is 12.3 Å². The van der Waals surface area contributed by atoms with Gasteiger partial charge in [-0.15, -0.1) is 5.10 Å². The number of ether oxygens (including phenoxy) is 1. The van der Waals surface area contributed by atoms with E-state index in [0.717, 1.165) is 12.1 Å². The van der Waals surface area contributed by atoms with Crippen molar-refractivity contribution in [3.63, 3.8) is 0 Å². The van der Waals surface area contributed by atoms with Crippen LogP contribution < -0.4 is 10.1 Å². The summed E-state index contributed by atoms with van der Waals surface area (Å²) < 4.78 is 8.70. The van der Waals surface area contributed by atoms with Crippen molar-refractivity contribution >= 4 is 17.5 Å². The van der Waals surface area contributed by atoms with E-state index in [1.165, 1.54) is 0 Å². The predicted octanol–water partition coefficient (Wildman–Crippen LogP) is 1.55. The minimum absolute atomic E-state index is 0.0518. The van der Waals surface area contributed by atoms with E-state index in [1.807, 2.05) is 13.2 Å². The Balaban J connectivity index is 1.46. The average molecular weight is 446 g/mol. The second-order valence-electron chi connectivity index (χ2n) is 7.73. The van der Waals surface area contributed by atoms with Crippen LogP contribution in [0.5, 0.6) is 5.75 Å². The number of aromatic nitrogens is 8. The molecule has 1 saturated heterocycles. The highest BCUT2D eigenvalue weighted by Crippen LogP contribution is 2.28. The number of carbonyl (C=O) groups is 1. The first-order valence-corrected chi connectivity index (χ1v) is 10.3. The Labute approximate surface area is 189 Å². The minimum Gasteiger partial charge on any atom is -0.497 e. The Morgan fingerprint density at radius 2 is 2.03 bits per heavy atom. The molecule has 0 spiro atoms. The molecule has 0 radical (unpaired) electrons. The predicted molar refractivity (Wildman–Crippen MR) is 118 cm³/mol. The largest absolute Gasteiger partial charge is 0.497 e. The molecule has 5 rings (SSSR count). The molecule has 4 aromatic rings. The van der Waals surface area contributed by atoms with Crippen LogP contribution in [0.15, 0.2) is 43.0 Å². The van der Waals surface area contributed by atoms with Gasteiger partial charge in [0.2, 0.25) is 11.9 Å². The lowest BCUT2D eigenvalue weighted by Crippen LogP contribution is -2.21. The number of aryl methyl sites for hydroxylation is 1. The Morgan fingerprint density at radius 1 is 1.15 bits per heavy atom. The summed E-state index contributed by atoms with van der Waals surface area (Å²) in [7, 11) is 5.21. The quantitative estimate of drug-likeness (QED) is 0.469. The SMILES string of the molecule is COc1cc(-c2ccnc(Nc3cnn(C)c3)n2)nc(-n2cc([C@@H]3CCN(C)C3=O)nn2)c1. The molecule has 33 heavy (non-hydrogen) atoms. The lowest BCUT2D eigenvalue weighted by atomic mass is 10.1. The number of nitrogens with zero attached hydrogens (tertiary/aromatic N) is 9. The van der Waals surface area contributed by atoms with Crippen molar-refractivity contribution in [3.05, 3.63) is 48.7 Å². The number of carbonyl (C=O) groups excluding carboxylic acids is 1. The normalized spacial score (nSPS) is 15.8. The standard InChI is InChI=1S/C21H22N10O2/c1-29-7-5-15(20(29)32)18-12-31(28-27-18)19-9-14(33-3)8-17(25-19)16-4-6-22-21(26-16)24-13-10-23-30(2)11-13/h4,6,8-12,15H,5,7H2,1-3H3,(H,22,24,26)/t15-/m0/s1. The summed E-state index contributed by atoms with van der Waals surface area (Å²) in [5.74, 6) is 1.28. The van der Waals surface area contributed by atoms with Gasteiger partial charge in [0.1, 0.15) is 5.75 Å². The van der Waals surface area contributed by atoms with E-state index in [0.29, 0.717) is 41.1 Å². The summed E-state index contributed by atoms with van der Waals surface area (Å²) in [5.41, 5.74) is 2.58. The molecule has 1 N–H and O–H groups in total. The Hall–Kier alpha value is -4.35. The fourth-order valence-corrected chi connectivity index (χ4v) is 3.68. The first-order valence-electron chi connectivity index (χ1n) is 10.3. The lowest BCUT2D eigenvalue weighted by Gasteiger charge is -2.09. The molecule has 5 heterocycles. The second kappa shape index (κ2) is 8.30. The fourth-order valence-electron chi connectivity index (χ4n) is 3.68. The van der Waals surface area contributed by atoms with Crippen LogP contribution in [0.4, 0.5) is 11.6 Å². The summed E-state index contributed by atoms with van der Waals surface area (Å²) in [4.78, 5) is 27.6. The zero-order chi connectivity index (χ0) is 22.9. The molecule has 4 aromatic heterocycles. The summed E-state index contributed by atoms with van der Waals surface area (Å²) in [5, 5.41) is 15.7. The molecule has 1 amide bonds. The van der Waals surface area contributed by atoms with Gasteiger partial charge >= 0.3 is 0 Å². The fraction of sp³-hybridized carbons (Fsp3) is 0.286. The third kappa shape index (κ3) is 4.10. The molecule has 0 saturated carbocycles. The smallest absolute Gasteiger partial charge is 0.231 e. The summed E-state index contributed by atoms with van der Waals surface area (Å²) >= 11 is 0. The molecule has 0 aliphatic carbocycles. The van der Waals surface area contributed by atoms with Crippen molar-refractivity contribution in [2.24, 2.45) is 7.05 Å². The van der Waals surface area contributed by atoms with Gasteiger partial charge in [0, 0.05) is 45.2 Å². The third-order valence-corrected chi connectivity index (χ3v) is 5.43. The van der Waals surface area contributed by atoms with E-state index in [9.17, 15) is 4.79 Å². The molecule has 12 nitrogen and oxygen atoms in total. The van der Waals surface area contributed by atoms with Crippen LogP contribution in [0.1, 0.15) is 18.0 Å². The van der Waals surface area contributed by atoms with Crippen LogP contribution in [0, 0.1) is 0 Å². The zero-order valence-corrected chi connectivity index (χ0v) is 18.4. The molecule has 1 aliphatic heterocycles. The number of likely N-dealkylation sites (tertiary alicyclic amines) is 1. The molecule has 0 unspecified atom stereocenters. The molecule has 0 bridgehead atoms. The lowest BCUT2D eigenvalue weighted by molar-refractivity contribution is -0.127. The molecular formula is C21H22N10O2. The van der Waals surface area contributed by atoms with Crippen LogP contribution in [-0.4, -0.2) is 71.2 Å². The number of rotatable bonds is 6. The number of amides is 1. The van der Waals surface area contributed by atoms with Gasteiger partial charge in [0.15, 0.2) is 5.82 Å². The first-order chi connectivity index (χ1) is 16.0. The number of anilines is 2. The third-order valence-electron chi connectivity index (χ3n) is 5.43. The van der Waals surface area contributed by atoms with Gasteiger partial charge in [-0.05, 0) is 12.5 Å². The van der Waals surface area contributed by atoms with E-state index in [-0.39, 0.29) is 11.8 Å². The molecule has 1 aliphatic rings. The molecule has 1 atom stereocenters. The maximum Gasteiger partial charge on any atom is 0.231 e. The number of likely N-dealkylation sites (N-methyl/N-ethyl adjacent to an activating group) is 1. The minimum atomic E-state index is -0.281. The average Bonchev–Trinajstić information content (AvgIpc) is 3.55. The number of hydrogen-bond acceptors (Lipinski definition) is 9. The molecule has 168 valence electrons. The van der Waals surface area contributed by atoms with E-state index in [4.69, 9.17) is 9.72 Å². The maximum absolute atomic E-state index is 12.3. The second-order valence-corrected chi connectivity index (χ2v) is 7.73. The van der Waals surface area contributed by atoms with Crippen LogP contribution in [0.3, 0.4) is 0 Å². The van der Waals surface area contributed by atoms with Crippen molar-refractivity contribution in [1.82, 2.24) is 44.6 Å². The Kier molecular flexibility index (Phi) is 5.17. The molecule has 0 aromatic carbocycles. The van der Waals surface area contributed by atoms with Crippen LogP contribution >= 0.6 is 0 Å². The van der Waals surface area contributed by atoms with Crippen molar-refractivity contribution < 1.29 is 9.53 Å². The first kappa shape index (κ1) is 20.5. The Morgan fingerprint density at radius 3 is 2.76 bits per heavy atom. The highest BCUT2D eigenvalue weighted by atomic mass is 16.5. The van der Waals surface area contributed by atoms with Crippen molar-refractivity contribution in [2.75, 3.05) is 26.0 Å². The maximum atomic E-state index is 12.3. The number of methoxy groups -OCH3 is 1. The zero-order valence-electron chi connectivity index (χ0n) is 18.4. The van der Waals surface area contributed by atoms with Gasteiger partial charge < -0.3 is 15.0 Å². The number of nitrogens with one attached hydrogen (secondary N) is 1. The monoisotopic (exact) mass is 446 g/mol. The van der Waals surface area contributed by atoms with Crippen molar-refractivity contribution in [3.8, 4) is 23.0 Å². The summed E-state index contributed by atoms with van der Waals surface area (Å²) in [6.07, 6.45) is 7.62. The van der Waals surface area contributed by atoms with Crippen molar-refractivity contribution in [1.29, 1.82) is 0 Å². The van der Waals surface area contributed by atoms with Gasteiger partial charge in [0.05, 0.1) is 48.2 Å². The molecular weight excluding hydrogens is 424 g/mol. The number of pyridine rings is 1. The van der Waals surface area contributed by atoms with E-state index >= 15 is 0 Å². The Bertz CT molecular complexity index is 1310. The highest BCUT2D eigenvalue weighted by molar-refractivity contribution is 5.84. The van der Waals surface area contributed by atoms with Crippen LogP contribution in [0.2, 0.25) is 0 Å². The molecule has 1 fully saturated rings.